The van der Waals surface area contributed by atoms with E-state index in [0.717, 1.165) is 30.6 Å². The number of hydrogen-bond donors (Lipinski definition) is 3. The Bertz CT molecular complexity index is 1440. The maximum absolute atomic E-state index is 12.9. The van der Waals surface area contributed by atoms with Gasteiger partial charge in [-0.25, -0.2) is 15.0 Å². The van der Waals surface area contributed by atoms with E-state index in [4.69, 9.17) is 5.73 Å². The summed E-state index contributed by atoms with van der Waals surface area (Å²) in [5.41, 5.74) is 5.69. The van der Waals surface area contributed by atoms with Gasteiger partial charge < -0.3 is 21.1 Å². The minimum atomic E-state index is -2.92. The molecule has 0 bridgehead atoms. The van der Waals surface area contributed by atoms with Gasteiger partial charge in [-0.05, 0) is 43.5 Å². The number of nitrogens with one attached hydrogen (secondary N) is 2. The number of halogens is 2. The van der Waals surface area contributed by atoms with E-state index in [1.807, 2.05) is 0 Å². The SMILES string of the molecule is NC(=O)c1cc2ccn(-c3ccc(N[C@H]4CC[C@H](Nc5ncc(OC(F)F)cn5)C4)nc3)c(=O)c2s1. The van der Waals surface area contributed by atoms with Gasteiger partial charge in [-0.3, -0.25) is 14.2 Å². The predicted molar refractivity (Wildman–Crippen MR) is 131 cm³/mol. The first kappa shape index (κ1) is 23.6. The lowest BCUT2D eigenvalue weighted by Crippen LogP contribution is -2.22. The summed E-state index contributed by atoms with van der Waals surface area (Å²) in [7, 11) is 0. The van der Waals surface area contributed by atoms with Crippen LogP contribution >= 0.6 is 11.3 Å². The van der Waals surface area contributed by atoms with Gasteiger partial charge in [0.1, 0.15) is 10.5 Å². The molecular formula is C23H21F2N7O3S. The van der Waals surface area contributed by atoms with Crippen LogP contribution in [-0.4, -0.2) is 44.1 Å². The molecule has 36 heavy (non-hydrogen) atoms. The topological polar surface area (TPSA) is 137 Å². The largest absolute Gasteiger partial charge is 0.432 e. The van der Waals surface area contributed by atoms with Crippen molar-refractivity contribution in [1.29, 1.82) is 0 Å². The normalized spacial score (nSPS) is 17.4. The molecule has 1 aliphatic carbocycles. The van der Waals surface area contributed by atoms with Crippen molar-refractivity contribution >= 4 is 39.1 Å². The molecule has 2 atom stereocenters. The first-order chi connectivity index (χ1) is 17.4. The van der Waals surface area contributed by atoms with Crippen molar-refractivity contribution in [2.24, 2.45) is 5.73 Å². The highest BCUT2D eigenvalue weighted by Crippen LogP contribution is 2.26. The Morgan fingerprint density at radius 3 is 2.53 bits per heavy atom. The molecule has 1 amide bonds. The van der Waals surface area contributed by atoms with E-state index in [9.17, 15) is 18.4 Å². The fourth-order valence-electron chi connectivity index (χ4n) is 4.16. The molecule has 4 aromatic heterocycles. The lowest BCUT2D eigenvalue weighted by atomic mass is 10.2. The molecule has 186 valence electrons. The van der Waals surface area contributed by atoms with Gasteiger partial charge in [0.05, 0.1) is 29.2 Å². The molecule has 0 unspecified atom stereocenters. The van der Waals surface area contributed by atoms with Gasteiger partial charge in [0.15, 0.2) is 5.75 Å². The number of carbonyl (C=O) groups excluding carboxylic acids is 1. The highest BCUT2D eigenvalue weighted by atomic mass is 32.1. The van der Waals surface area contributed by atoms with Crippen LogP contribution in [0.1, 0.15) is 28.9 Å². The highest BCUT2D eigenvalue weighted by Gasteiger charge is 2.25. The molecule has 0 aromatic carbocycles. The van der Waals surface area contributed by atoms with E-state index >= 15 is 0 Å². The third-order valence-corrected chi connectivity index (χ3v) is 6.97. The number of fused-ring (bicyclic) bond motifs is 1. The van der Waals surface area contributed by atoms with Crippen molar-refractivity contribution in [2.75, 3.05) is 10.6 Å². The van der Waals surface area contributed by atoms with Crippen LogP contribution in [0.5, 0.6) is 5.75 Å². The molecule has 0 spiro atoms. The monoisotopic (exact) mass is 513 g/mol. The van der Waals surface area contributed by atoms with Gasteiger partial charge in [-0.15, -0.1) is 11.3 Å². The van der Waals surface area contributed by atoms with E-state index in [1.165, 1.54) is 17.0 Å². The van der Waals surface area contributed by atoms with E-state index in [-0.39, 0.29) is 23.4 Å². The number of primary amides is 1. The quantitative estimate of drug-likeness (QED) is 0.326. The van der Waals surface area contributed by atoms with Gasteiger partial charge in [-0.1, -0.05) is 0 Å². The fraction of sp³-hybridized carbons (Fsp3) is 0.261. The number of alkyl halides is 2. The Morgan fingerprint density at radius 2 is 1.86 bits per heavy atom. The zero-order valence-corrected chi connectivity index (χ0v) is 19.5. The summed E-state index contributed by atoms with van der Waals surface area (Å²) in [6.45, 7) is -2.92. The first-order valence-corrected chi connectivity index (χ1v) is 11.9. The molecule has 0 saturated heterocycles. The number of pyridine rings is 2. The molecule has 4 heterocycles. The van der Waals surface area contributed by atoms with Crippen molar-refractivity contribution in [3.05, 3.63) is 64.3 Å². The molecule has 0 aliphatic heterocycles. The molecule has 1 fully saturated rings. The Morgan fingerprint density at radius 1 is 1.11 bits per heavy atom. The summed E-state index contributed by atoms with van der Waals surface area (Å²) >= 11 is 1.08. The number of hydrogen-bond acceptors (Lipinski definition) is 9. The maximum Gasteiger partial charge on any atom is 0.387 e. The summed E-state index contributed by atoms with van der Waals surface area (Å²) in [6.07, 6.45) is 8.22. The van der Waals surface area contributed by atoms with Crippen LogP contribution in [0.2, 0.25) is 0 Å². The number of thiophene rings is 1. The van der Waals surface area contributed by atoms with Gasteiger partial charge in [-0.2, -0.15) is 8.78 Å². The molecule has 4 N–H and O–H groups in total. The second kappa shape index (κ2) is 9.85. The number of anilines is 2. The van der Waals surface area contributed by atoms with Crippen LogP contribution in [0.3, 0.4) is 0 Å². The van der Waals surface area contributed by atoms with E-state index < -0.39 is 12.5 Å². The lowest BCUT2D eigenvalue weighted by molar-refractivity contribution is -0.0503. The summed E-state index contributed by atoms with van der Waals surface area (Å²) in [6, 6.07) is 7.27. The Balaban J connectivity index is 1.20. The van der Waals surface area contributed by atoms with E-state index in [2.05, 4.69) is 30.3 Å². The zero-order chi connectivity index (χ0) is 25.2. The summed E-state index contributed by atoms with van der Waals surface area (Å²) < 4.78 is 30.7. The van der Waals surface area contributed by atoms with Crippen molar-refractivity contribution in [1.82, 2.24) is 19.5 Å². The number of carbonyl (C=O) groups is 1. The Labute approximate surface area is 207 Å². The second-order valence-corrected chi connectivity index (χ2v) is 9.32. The second-order valence-electron chi connectivity index (χ2n) is 8.27. The van der Waals surface area contributed by atoms with Crippen LogP contribution in [0.25, 0.3) is 15.8 Å². The van der Waals surface area contributed by atoms with Gasteiger partial charge in [0, 0.05) is 23.7 Å². The smallest absolute Gasteiger partial charge is 0.387 e. The number of ether oxygens (including phenoxy) is 1. The minimum Gasteiger partial charge on any atom is -0.432 e. The fourth-order valence-corrected chi connectivity index (χ4v) is 5.09. The Hall–Kier alpha value is -4.13. The van der Waals surface area contributed by atoms with Crippen molar-refractivity contribution in [3.63, 3.8) is 0 Å². The molecule has 1 aliphatic rings. The van der Waals surface area contributed by atoms with E-state index in [1.54, 1.807) is 36.7 Å². The van der Waals surface area contributed by atoms with Crippen LogP contribution in [-0.2, 0) is 0 Å². The van der Waals surface area contributed by atoms with Crippen molar-refractivity contribution < 1.29 is 18.3 Å². The lowest BCUT2D eigenvalue weighted by Gasteiger charge is -2.15. The first-order valence-electron chi connectivity index (χ1n) is 11.1. The molecule has 10 nitrogen and oxygen atoms in total. The standard InChI is InChI=1S/C23H21F2N7O3S/c24-22(25)35-16-10-28-23(29-11-16)31-14-2-1-13(8-14)30-18-4-3-15(9-27-18)32-6-5-12-7-17(20(26)33)36-19(12)21(32)34/h3-7,9-11,13-14,22H,1-2,8H2,(H2,26,33)(H,27,30)(H,28,29,31)/t13-,14-/m0/s1. The highest BCUT2D eigenvalue weighted by molar-refractivity contribution is 7.20. The van der Waals surface area contributed by atoms with Gasteiger partial charge in [0.2, 0.25) is 5.95 Å². The maximum atomic E-state index is 12.9. The zero-order valence-electron chi connectivity index (χ0n) is 18.7. The molecule has 5 rings (SSSR count). The molecular weight excluding hydrogens is 492 g/mol. The van der Waals surface area contributed by atoms with Gasteiger partial charge in [0.25, 0.3) is 11.5 Å². The van der Waals surface area contributed by atoms with Crippen molar-refractivity contribution in [3.8, 4) is 11.4 Å². The van der Waals surface area contributed by atoms with Gasteiger partial charge >= 0.3 is 6.61 Å². The van der Waals surface area contributed by atoms with Crippen LogP contribution in [0.4, 0.5) is 20.5 Å². The molecule has 13 heteroatoms. The third kappa shape index (κ3) is 5.10. The summed E-state index contributed by atoms with van der Waals surface area (Å²) in [4.78, 5) is 37.2. The summed E-state index contributed by atoms with van der Waals surface area (Å²) in [5, 5.41) is 7.27. The Kier molecular flexibility index (Phi) is 6.46. The van der Waals surface area contributed by atoms with Crippen LogP contribution < -0.4 is 26.7 Å². The molecule has 0 radical (unpaired) electrons. The molecule has 4 aromatic rings. The number of nitrogens with two attached hydrogens (primary N) is 1. The number of aromatic nitrogens is 4. The number of rotatable bonds is 8. The van der Waals surface area contributed by atoms with E-state index in [0.29, 0.717) is 32.4 Å². The van der Waals surface area contributed by atoms with Crippen LogP contribution in [0, 0.1) is 0 Å². The molecule has 1 saturated carbocycles. The minimum absolute atomic E-state index is 0.0935. The van der Waals surface area contributed by atoms with Crippen molar-refractivity contribution in [2.45, 2.75) is 38.0 Å². The number of nitrogens with zero attached hydrogens (tertiary/aromatic N) is 4. The predicted octanol–water partition coefficient (Wildman–Crippen LogP) is 3.38. The third-order valence-electron chi connectivity index (χ3n) is 5.82. The summed E-state index contributed by atoms with van der Waals surface area (Å²) in [5.74, 6) is 0.369. The number of amides is 1. The van der Waals surface area contributed by atoms with Crippen LogP contribution in [0.15, 0.2) is 53.8 Å². The average Bonchev–Trinajstić information content (AvgIpc) is 3.49. The average molecular weight is 514 g/mol.